The molecule has 0 aliphatic carbocycles. The molecule has 2 aliphatic heterocycles. The second-order valence-electron chi connectivity index (χ2n) is 5.53. The van der Waals surface area contributed by atoms with Gasteiger partial charge in [0.2, 0.25) is 0 Å². The number of hydrogen-bond acceptors (Lipinski definition) is 4. The number of carboxylic acid groups (broad SMARTS) is 1. The minimum Gasteiger partial charge on any atom is -0.481 e. The molecule has 0 radical (unpaired) electrons. The van der Waals surface area contributed by atoms with Crippen LogP contribution in [0.25, 0.3) is 0 Å². The zero-order chi connectivity index (χ0) is 13.7. The van der Waals surface area contributed by atoms with Crippen molar-refractivity contribution in [2.45, 2.75) is 50.7 Å². The van der Waals surface area contributed by atoms with Gasteiger partial charge in [0.05, 0.1) is 12.2 Å². The van der Waals surface area contributed by atoms with Crippen molar-refractivity contribution in [3.05, 3.63) is 0 Å². The number of rotatable bonds is 9. The van der Waals surface area contributed by atoms with Gasteiger partial charge in [-0.15, -0.1) is 0 Å². The summed E-state index contributed by atoms with van der Waals surface area (Å²) in [5.74, 6) is 0.213. The van der Waals surface area contributed by atoms with Gasteiger partial charge in [0, 0.05) is 26.2 Å². The van der Waals surface area contributed by atoms with E-state index in [2.05, 4.69) is 0 Å². The van der Waals surface area contributed by atoms with Crippen LogP contribution in [0.5, 0.6) is 0 Å². The Bertz CT molecular complexity index is 294. The summed E-state index contributed by atoms with van der Waals surface area (Å²) in [7, 11) is 0. The van der Waals surface area contributed by atoms with Crippen molar-refractivity contribution < 1.29 is 24.5 Å². The van der Waals surface area contributed by atoms with Crippen LogP contribution in [-0.2, 0) is 14.3 Å². The molecule has 110 valence electrons. The summed E-state index contributed by atoms with van der Waals surface area (Å²) in [6.07, 6.45) is 5.48. The minimum absolute atomic E-state index is 0.171. The van der Waals surface area contributed by atoms with Crippen molar-refractivity contribution in [3.8, 4) is 0 Å². The molecule has 0 spiro atoms. The smallest absolute Gasteiger partial charge is 0.303 e. The normalized spacial score (nSPS) is 32.9. The number of aliphatic hydroxyl groups is 1. The predicted molar refractivity (Wildman–Crippen MR) is 68.9 cm³/mol. The molecule has 2 saturated heterocycles. The molecular formula is C14H24O5. The van der Waals surface area contributed by atoms with Crippen LogP contribution in [0.3, 0.4) is 0 Å². The standard InChI is InChI=1S/C14H24O5/c15-7-5-10-11(13-4-3-12(10)19-13)6-9-18-8-1-2-14(16)17/h10-13,15H,1-9H2,(H,16,17). The lowest BCUT2D eigenvalue weighted by Crippen LogP contribution is -2.29. The van der Waals surface area contributed by atoms with Crippen LogP contribution in [0.15, 0.2) is 0 Å². The quantitative estimate of drug-likeness (QED) is 0.621. The molecule has 2 heterocycles. The molecule has 0 saturated carbocycles. The summed E-state index contributed by atoms with van der Waals surface area (Å²) < 4.78 is 11.4. The Kier molecular flexibility index (Phi) is 5.60. The molecule has 19 heavy (non-hydrogen) atoms. The topological polar surface area (TPSA) is 76.0 Å². The minimum atomic E-state index is -0.770. The van der Waals surface area contributed by atoms with Crippen LogP contribution in [-0.4, -0.2) is 48.2 Å². The van der Waals surface area contributed by atoms with Gasteiger partial charge in [-0.3, -0.25) is 4.79 Å². The zero-order valence-electron chi connectivity index (χ0n) is 11.3. The van der Waals surface area contributed by atoms with Crippen molar-refractivity contribution >= 4 is 5.97 Å². The van der Waals surface area contributed by atoms with Gasteiger partial charge >= 0.3 is 5.97 Å². The Labute approximate surface area is 113 Å². The molecule has 4 unspecified atom stereocenters. The average molecular weight is 272 g/mol. The molecule has 0 aromatic carbocycles. The lowest BCUT2D eigenvalue weighted by molar-refractivity contribution is -0.137. The van der Waals surface area contributed by atoms with Crippen LogP contribution < -0.4 is 0 Å². The van der Waals surface area contributed by atoms with Crippen molar-refractivity contribution in [1.29, 1.82) is 0 Å². The number of carbonyl (C=O) groups is 1. The number of hydrogen-bond donors (Lipinski definition) is 2. The fourth-order valence-corrected chi connectivity index (χ4v) is 3.47. The van der Waals surface area contributed by atoms with Crippen LogP contribution in [0, 0.1) is 11.8 Å². The number of aliphatic hydroxyl groups excluding tert-OH is 1. The highest BCUT2D eigenvalue weighted by atomic mass is 16.5. The number of fused-ring (bicyclic) bond motifs is 2. The van der Waals surface area contributed by atoms with E-state index in [1.54, 1.807) is 0 Å². The average Bonchev–Trinajstić information content (AvgIpc) is 2.95. The first-order valence-corrected chi connectivity index (χ1v) is 7.28. The van der Waals surface area contributed by atoms with Crippen LogP contribution in [0.1, 0.15) is 38.5 Å². The van der Waals surface area contributed by atoms with Crippen LogP contribution in [0.4, 0.5) is 0 Å². The molecule has 4 atom stereocenters. The fourth-order valence-electron chi connectivity index (χ4n) is 3.47. The third kappa shape index (κ3) is 3.91. The van der Waals surface area contributed by atoms with E-state index >= 15 is 0 Å². The first kappa shape index (κ1) is 14.8. The molecule has 2 rings (SSSR count). The number of carboxylic acids is 1. The third-order valence-electron chi connectivity index (χ3n) is 4.33. The fraction of sp³-hybridized carbons (Fsp3) is 0.929. The molecule has 0 amide bonds. The van der Waals surface area contributed by atoms with Gasteiger partial charge in [-0.2, -0.15) is 0 Å². The second kappa shape index (κ2) is 7.22. The maximum Gasteiger partial charge on any atom is 0.303 e. The third-order valence-corrected chi connectivity index (χ3v) is 4.33. The van der Waals surface area contributed by atoms with E-state index in [0.29, 0.717) is 43.7 Å². The van der Waals surface area contributed by atoms with Crippen molar-refractivity contribution in [2.24, 2.45) is 11.8 Å². The highest BCUT2D eigenvalue weighted by molar-refractivity contribution is 5.66. The van der Waals surface area contributed by atoms with E-state index in [1.807, 2.05) is 0 Å². The van der Waals surface area contributed by atoms with Gasteiger partial charge in [0.1, 0.15) is 0 Å². The van der Waals surface area contributed by atoms with Gasteiger partial charge in [-0.25, -0.2) is 0 Å². The monoisotopic (exact) mass is 272 g/mol. The lowest BCUT2D eigenvalue weighted by atomic mass is 9.76. The van der Waals surface area contributed by atoms with Gasteiger partial charge in [0.25, 0.3) is 0 Å². The molecule has 0 aromatic rings. The Morgan fingerprint density at radius 2 is 1.84 bits per heavy atom. The molecule has 2 N–H and O–H groups in total. The van der Waals surface area contributed by atoms with Crippen LogP contribution >= 0.6 is 0 Å². The molecule has 2 bridgehead atoms. The SMILES string of the molecule is O=C(O)CCCOCCC1C2CCC(O2)C1CCO. The summed E-state index contributed by atoms with van der Waals surface area (Å²) in [4.78, 5) is 10.3. The summed E-state index contributed by atoms with van der Waals surface area (Å²) in [6, 6.07) is 0. The first-order chi connectivity index (χ1) is 9.22. The van der Waals surface area contributed by atoms with Gasteiger partial charge in [-0.1, -0.05) is 0 Å². The number of ether oxygens (including phenoxy) is 2. The Hall–Kier alpha value is -0.650. The van der Waals surface area contributed by atoms with Crippen molar-refractivity contribution in [2.75, 3.05) is 19.8 Å². The molecule has 5 heteroatoms. The highest BCUT2D eigenvalue weighted by Crippen LogP contribution is 2.46. The molecule has 5 nitrogen and oxygen atoms in total. The largest absolute Gasteiger partial charge is 0.481 e. The van der Waals surface area contributed by atoms with E-state index in [9.17, 15) is 4.79 Å². The maximum absolute atomic E-state index is 10.3. The summed E-state index contributed by atoms with van der Waals surface area (Å²) in [6.45, 7) is 1.41. The summed E-state index contributed by atoms with van der Waals surface area (Å²) in [5, 5.41) is 17.6. The van der Waals surface area contributed by atoms with E-state index < -0.39 is 5.97 Å². The first-order valence-electron chi connectivity index (χ1n) is 7.28. The van der Waals surface area contributed by atoms with Crippen LogP contribution in [0.2, 0.25) is 0 Å². The summed E-state index contributed by atoms with van der Waals surface area (Å²) >= 11 is 0. The van der Waals surface area contributed by atoms with Crippen molar-refractivity contribution in [1.82, 2.24) is 0 Å². The lowest BCUT2D eigenvalue weighted by Gasteiger charge is -2.27. The molecular weight excluding hydrogens is 248 g/mol. The zero-order valence-corrected chi connectivity index (χ0v) is 11.3. The molecule has 2 aliphatic rings. The van der Waals surface area contributed by atoms with E-state index in [-0.39, 0.29) is 13.0 Å². The van der Waals surface area contributed by atoms with E-state index in [0.717, 1.165) is 25.7 Å². The molecule has 0 aromatic heterocycles. The Morgan fingerprint density at radius 1 is 1.16 bits per heavy atom. The van der Waals surface area contributed by atoms with Gasteiger partial charge in [0.15, 0.2) is 0 Å². The summed E-state index contributed by atoms with van der Waals surface area (Å²) in [5.41, 5.74) is 0. The maximum atomic E-state index is 10.3. The second-order valence-corrected chi connectivity index (χ2v) is 5.53. The number of aliphatic carboxylic acids is 1. The predicted octanol–water partition coefficient (Wildman–Crippen LogP) is 1.43. The Balaban J connectivity index is 1.63. The van der Waals surface area contributed by atoms with Gasteiger partial charge in [-0.05, 0) is 43.9 Å². The van der Waals surface area contributed by atoms with E-state index in [4.69, 9.17) is 19.7 Å². The Morgan fingerprint density at radius 3 is 2.47 bits per heavy atom. The van der Waals surface area contributed by atoms with Gasteiger partial charge < -0.3 is 19.7 Å². The van der Waals surface area contributed by atoms with E-state index in [1.165, 1.54) is 0 Å². The van der Waals surface area contributed by atoms with Crippen molar-refractivity contribution in [3.63, 3.8) is 0 Å². The molecule has 2 fully saturated rings. The highest BCUT2D eigenvalue weighted by Gasteiger charge is 2.47.